The van der Waals surface area contributed by atoms with Gasteiger partial charge in [-0.2, -0.15) is 0 Å². The van der Waals surface area contributed by atoms with Crippen molar-refractivity contribution in [2.45, 2.75) is 19.6 Å². The van der Waals surface area contributed by atoms with E-state index < -0.39 is 0 Å². The lowest BCUT2D eigenvalue weighted by Crippen LogP contribution is -2.22. The van der Waals surface area contributed by atoms with E-state index in [0.29, 0.717) is 13.2 Å². The number of carbonyl (C=O) groups is 1. The number of amides is 1. The fourth-order valence-corrected chi connectivity index (χ4v) is 2.73. The summed E-state index contributed by atoms with van der Waals surface area (Å²) in [7, 11) is 1.68. The molecule has 2 aromatic carbocycles. The predicted molar refractivity (Wildman–Crippen MR) is 87.0 cm³/mol. The van der Waals surface area contributed by atoms with Crippen molar-refractivity contribution in [3.8, 4) is 0 Å². The first-order valence-electron chi connectivity index (χ1n) is 7.48. The van der Waals surface area contributed by atoms with Gasteiger partial charge in [-0.15, -0.1) is 0 Å². The number of fused-ring (bicyclic) bond motifs is 1. The van der Waals surface area contributed by atoms with E-state index >= 15 is 0 Å². The van der Waals surface area contributed by atoms with Crippen LogP contribution in [0.1, 0.15) is 27.0 Å². The molecule has 0 bridgehead atoms. The zero-order valence-corrected chi connectivity index (χ0v) is 12.7. The number of hydrogen-bond acceptors (Lipinski definition) is 3. The SMILES string of the molecule is COCc1cccc(CNC(=O)c2ccc3c(c2)CCN3)c1. The molecule has 0 aromatic heterocycles. The van der Waals surface area contributed by atoms with Gasteiger partial charge in [0, 0.05) is 31.5 Å². The molecular formula is C18H20N2O2. The van der Waals surface area contributed by atoms with Gasteiger partial charge in [0.15, 0.2) is 0 Å². The Kier molecular flexibility index (Phi) is 4.39. The fourth-order valence-electron chi connectivity index (χ4n) is 2.73. The van der Waals surface area contributed by atoms with E-state index in [9.17, 15) is 4.79 Å². The maximum Gasteiger partial charge on any atom is 0.251 e. The molecule has 2 N–H and O–H groups in total. The van der Waals surface area contributed by atoms with Gasteiger partial charge in [-0.25, -0.2) is 0 Å². The summed E-state index contributed by atoms with van der Waals surface area (Å²) in [4.78, 5) is 12.3. The predicted octanol–water partition coefficient (Wildman–Crippen LogP) is 2.73. The van der Waals surface area contributed by atoms with Crippen LogP contribution in [-0.4, -0.2) is 19.6 Å². The van der Waals surface area contributed by atoms with Crippen LogP contribution < -0.4 is 10.6 Å². The Hall–Kier alpha value is -2.33. The number of methoxy groups -OCH3 is 1. The molecule has 1 aliphatic heterocycles. The van der Waals surface area contributed by atoms with Gasteiger partial charge in [0.05, 0.1) is 6.61 Å². The minimum absolute atomic E-state index is 0.0353. The molecule has 4 heteroatoms. The Bertz CT molecular complexity index is 683. The van der Waals surface area contributed by atoms with Crippen LogP contribution in [-0.2, 0) is 24.3 Å². The fraction of sp³-hybridized carbons (Fsp3) is 0.278. The molecule has 0 radical (unpaired) electrons. The molecular weight excluding hydrogens is 276 g/mol. The van der Waals surface area contributed by atoms with E-state index in [4.69, 9.17) is 4.74 Å². The first kappa shape index (κ1) is 14.6. The largest absolute Gasteiger partial charge is 0.384 e. The zero-order valence-electron chi connectivity index (χ0n) is 12.7. The van der Waals surface area contributed by atoms with Crippen LogP contribution in [0.3, 0.4) is 0 Å². The van der Waals surface area contributed by atoms with E-state index in [-0.39, 0.29) is 5.91 Å². The maximum absolute atomic E-state index is 12.3. The molecule has 22 heavy (non-hydrogen) atoms. The van der Waals surface area contributed by atoms with E-state index in [0.717, 1.165) is 35.3 Å². The average Bonchev–Trinajstić information content (AvgIpc) is 3.01. The topological polar surface area (TPSA) is 50.4 Å². The molecule has 1 heterocycles. The first-order chi connectivity index (χ1) is 10.8. The van der Waals surface area contributed by atoms with Crippen LogP contribution in [0.5, 0.6) is 0 Å². The molecule has 3 rings (SSSR count). The molecule has 0 saturated carbocycles. The Morgan fingerprint density at radius 1 is 1.23 bits per heavy atom. The first-order valence-corrected chi connectivity index (χ1v) is 7.48. The Labute approximate surface area is 130 Å². The molecule has 0 atom stereocenters. The van der Waals surface area contributed by atoms with Crippen LogP contribution >= 0.6 is 0 Å². The summed E-state index contributed by atoms with van der Waals surface area (Å²) in [5.74, 6) is -0.0353. The molecule has 0 unspecified atom stereocenters. The van der Waals surface area contributed by atoms with Gasteiger partial charge in [-0.05, 0) is 41.3 Å². The lowest BCUT2D eigenvalue weighted by atomic mass is 10.1. The zero-order chi connectivity index (χ0) is 15.4. The van der Waals surface area contributed by atoms with Crippen molar-refractivity contribution < 1.29 is 9.53 Å². The standard InChI is InChI=1S/C18H20N2O2/c1-22-12-14-4-2-3-13(9-14)11-20-18(21)16-5-6-17-15(10-16)7-8-19-17/h2-6,9-10,19H,7-8,11-12H2,1H3,(H,20,21). The second-order valence-corrected chi connectivity index (χ2v) is 5.48. The highest BCUT2D eigenvalue weighted by Gasteiger charge is 2.13. The number of rotatable bonds is 5. The van der Waals surface area contributed by atoms with Gasteiger partial charge in [-0.3, -0.25) is 4.79 Å². The van der Waals surface area contributed by atoms with E-state index in [1.807, 2.05) is 36.4 Å². The van der Waals surface area contributed by atoms with Crippen molar-refractivity contribution in [1.82, 2.24) is 5.32 Å². The van der Waals surface area contributed by atoms with Gasteiger partial charge in [0.2, 0.25) is 0 Å². The van der Waals surface area contributed by atoms with Crippen molar-refractivity contribution in [3.05, 3.63) is 64.7 Å². The third kappa shape index (κ3) is 3.28. The highest BCUT2D eigenvalue weighted by molar-refractivity contribution is 5.95. The van der Waals surface area contributed by atoms with Crippen LogP contribution in [0.4, 0.5) is 5.69 Å². The molecule has 1 aliphatic rings. The van der Waals surface area contributed by atoms with E-state index in [2.05, 4.69) is 16.7 Å². The Balaban J connectivity index is 1.63. The number of nitrogens with one attached hydrogen (secondary N) is 2. The van der Waals surface area contributed by atoms with E-state index in [1.165, 1.54) is 5.56 Å². The van der Waals surface area contributed by atoms with Crippen LogP contribution in [0.2, 0.25) is 0 Å². The number of anilines is 1. The third-order valence-electron chi connectivity index (χ3n) is 3.83. The van der Waals surface area contributed by atoms with Crippen LogP contribution in [0.15, 0.2) is 42.5 Å². The molecule has 2 aromatic rings. The summed E-state index contributed by atoms with van der Waals surface area (Å²) in [6, 6.07) is 13.9. The molecule has 114 valence electrons. The quantitative estimate of drug-likeness (QED) is 0.892. The Morgan fingerprint density at radius 3 is 2.95 bits per heavy atom. The van der Waals surface area contributed by atoms with Gasteiger partial charge < -0.3 is 15.4 Å². The summed E-state index contributed by atoms with van der Waals surface area (Å²) in [6.45, 7) is 2.05. The third-order valence-corrected chi connectivity index (χ3v) is 3.83. The summed E-state index contributed by atoms with van der Waals surface area (Å²) >= 11 is 0. The molecule has 0 aliphatic carbocycles. The van der Waals surface area contributed by atoms with Crippen molar-refractivity contribution in [2.75, 3.05) is 19.0 Å². The van der Waals surface area contributed by atoms with Crippen LogP contribution in [0, 0.1) is 0 Å². The lowest BCUT2D eigenvalue weighted by molar-refractivity contribution is 0.0951. The van der Waals surface area contributed by atoms with Gasteiger partial charge >= 0.3 is 0 Å². The molecule has 1 amide bonds. The normalized spacial score (nSPS) is 12.6. The number of benzene rings is 2. The average molecular weight is 296 g/mol. The number of hydrogen-bond donors (Lipinski definition) is 2. The highest BCUT2D eigenvalue weighted by Crippen LogP contribution is 2.22. The van der Waals surface area contributed by atoms with Gasteiger partial charge in [-0.1, -0.05) is 24.3 Å². The molecule has 0 saturated heterocycles. The summed E-state index contributed by atoms with van der Waals surface area (Å²) in [5.41, 5.74) is 5.26. The van der Waals surface area contributed by atoms with E-state index in [1.54, 1.807) is 7.11 Å². The van der Waals surface area contributed by atoms with Crippen molar-refractivity contribution >= 4 is 11.6 Å². The molecule has 4 nitrogen and oxygen atoms in total. The van der Waals surface area contributed by atoms with Crippen molar-refractivity contribution in [1.29, 1.82) is 0 Å². The molecule has 0 fully saturated rings. The summed E-state index contributed by atoms with van der Waals surface area (Å²) in [5, 5.41) is 6.27. The van der Waals surface area contributed by atoms with Crippen molar-refractivity contribution in [3.63, 3.8) is 0 Å². The summed E-state index contributed by atoms with van der Waals surface area (Å²) in [6.07, 6.45) is 0.982. The lowest BCUT2D eigenvalue weighted by Gasteiger charge is -2.08. The van der Waals surface area contributed by atoms with Gasteiger partial charge in [0.1, 0.15) is 0 Å². The maximum atomic E-state index is 12.3. The Morgan fingerprint density at radius 2 is 2.09 bits per heavy atom. The van der Waals surface area contributed by atoms with Crippen molar-refractivity contribution in [2.24, 2.45) is 0 Å². The summed E-state index contributed by atoms with van der Waals surface area (Å²) < 4.78 is 5.13. The second-order valence-electron chi connectivity index (χ2n) is 5.48. The number of ether oxygens (including phenoxy) is 1. The second kappa shape index (κ2) is 6.62. The van der Waals surface area contributed by atoms with Crippen LogP contribution in [0.25, 0.3) is 0 Å². The molecule has 0 spiro atoms. The minimum Gasteiger partial charge on any atom is -0.384 e. The minimum atomic E-state index is -0.0353. The smallest absolute Gasteiger partial charge is 0.251 e. The van der Waals surface area contributed by atoms with Gasteiger partial charge in [0.25, 0.3) is 5.91 Å². The monoisotopic (exact) mass is 296 g/mol. The number of carbonyl (C=O) groups excluding carboxylic acids is 1. The highest BCUT2D eigenvalue weighted by atomic mass is 16.5.